The van der Waals surface area contributed by atoms with Crippen molar-refractivity contribution in [1.29, 1.82) is 0 Å². The van der Waals surface area contributed by atoms with Crippen LogP contribution in [0.25, 0.3) is 22.0 Å². The Morgan fingerprint density at radius 3 is 2.62 bits per heavy atom. The average Bonchev–Trinajstić information content (AvgIpc) is 2.69. The highest BCUT2D eigenvalue weighted by Crippen LogP contribution is 2.22. The summed E-state index contributed by atoms with van der Waals surface area (Å²) in [6, 6.07) is 11.1. The van der Waals surface area contributed by atoms with Crippen molar-refractivity contribution in [2.24, 2.45) is 0 Å². The molecule has 0 saturated carbocycles. The van der Waals surface area contributed by atoms with E-state index < -0.39 is 0 Å². The fourth-order valence-electron chi connectivity index (χ4n) is 2.73. The number of fused-ring (bicyclic) bond motifs is 1. The van der Waals surface area contributed by atoms with Crippen molar-refractivity contribution in [2.75, 3.05) is 5.32 Å². The first-order valence-corrected chi connectivity index (χ1v) is 8.09. The molecule has 0 spiro atoms. The number of pyridine rings is 2. The number of nitrogens with zero attached hydrogens (tertiary/aromatic N) is 4. The van der Waals surface area contributed by atoms with E-state index in [1.54, 1.807) is 36.9 Å². The van der Waals surface area contributed by atoms with E-state index in [4.69, 9.17) is 0 Å². The molecule has 3 aromatic heterocycles. The first kappa shape index (κ1) is 15.8. The molecule has 0 unspecified atom stereocenters. The van der Waals surface area contributed by atoms with Crippen LogP contribution in [0.4, 0.5) is 5.82 Å². The molecule has 0 aliphatic carbocycles. The van der Waals surface area contributed by atoms with Gasteiger partial charge in [-0.15, -0.1) is 0 Å². The van der Waals surface area contributed by atoms with Gasteiger partial charge in [0.25, 0.3) is 5.91 Å². The second kappa shape index (κ2) is 6.68. The maximum atomic E-state index is 12.6. The number of carbonyl (C=O) groups is 1. The highest BCUT2D eigenvalue weighted by Gasteiger charge is 2.10. The summed E-state index contributed by atoms with van der Waals surface area (Å²) in [5, 5.41) is 4.81. The Kier molecular flexibility index (Phi) is 4.07. The summed E-state index contributed by atoms with van der Waals surface area (Å²) in [5.74, 6) is 0.268. The van der Waals surface area contributed by atoms with Gasteiger partial charge in [-0.05, 0) is 42.1 Å². The normalized spacial score (nSPS) is 10.7. The van der Waals surface area contributed by atoms with Crippen molar-refractivity contribution in [2.45, 2.75) is 6.92 Å². The Labute approximate surface area is 150 Å². The summed E-state index contributed by atoms with van der Waals surface area (Å²) in [4.78, 5) is 29.3. The SMILES string of the molecule is Cc1ccc(NC(=O)c2ccc3cnccc3c2)nc1-c1cncnc1. The Balaban J connectivity index is 1.63. The predicted molar refractivity (Wildman–Crippen MR) is 99.7 cm³/mol. The molecule has 0 aliphatic heterocycles. The molecule has 4 aromatic rings. The lowest BCUT2D eigenvalue weighted by Crippen LogP contribution is -2.13. The molecule has 1 amide bonds. The summed E-state index contributed by atoms with van der Waals surface area (Å²) in [6.07, 6.45) is 8.35. The van der Waals surface area contributed by atoms with Crippen LogP contribution in [-0.4, -0.2) is 25.8 Å². The Morgan fingerprint density at radius 2 is 1.77 bits per heavy atom. The first-order chi connectivity index (χ1) is 12.7. The highest BCUT2D eigenvalue weighted by atomic mass is 16.1. The summed E-state index contributed by atoms with van der Waals surface area (Å²) in [5.41, 5.74) is 3.10. The van der Waals surface area contributed by atoms with Crippen LogP contribution >= 0.6 is 0 Å². The van der Waals surface area contributed by atoms with Gasteiger partial charge in [0.05, 0.1) is 5.69 Å². The monoisotopic (exact) mass is 341 g/mol. The van der Waals surface area contributed by atoms with Crippen molar-refractivity contribution in [1.82, 2.24) is 19.9 Å². The zero-order valence-corrected chi connectivity index (χ0v) is 14.0. The standard InChI is InChI=1S/C20H15N5O/c1-13-2-5-18(24-19(13)17-10-22-12-23-11-17)25-20(26)15-3-4-16-9-21-7-6-14(16)8-15/h2-12H,1H3,(H,24,25,26). The molecular formula is C20H15N5O. The molecular weight excluding hydrogens is 326 g/mol. The van der Waals surface area contributed by atoms with E-state index in [0.29, 0.717) is 11.4 Å². The maximum Gasteiger partial charge on any atom is 0.256 e. The number of anilines is 1. The molecule has 0 bridgehead atoms. The fraction of sp³-hybridized carbons (Fsp3) is 0.0500. The number of hydrogen-bond donors (Lipinski definition) is 1. The van der Waals surface area contributed by atoms with Crippen molar-refractivity contribution in [3.05, 3.63) is 78.6 Å². The average molecular weight is 341 g/mol. The molecule has 6 heteroatoms. The minimum absolute atomic E-state index is 0.213. The van der Waals surface area contributed by atoms with Crippen LogP contribution in [-0.2, 0) is 0 Å². The minimum atomic E-state index is -0.213. The zero-order valence-electron chi connectivity index (χ0n) is 14.0. The van der Waals surface area contributed by atoms with Gasteiger partial charge < -0.3 is 5.32 Å². The van der Waals surface area contributed by atoms with Crippen LogP contribution in [0.2, 0.25) is 0 Å². The van der Waals surface area contributed by atoms with Crippen molar-refractivity contribution in [3.63, 3.8) is 0 Å². The summed E-state index contributed by atoms with van der Waals surface area (Å²) >= 11 is 0. The summed E-state index contributed by atoms with van der Waals surface area (Å²) in [7, 11) is 0. The van der Waals surface area contributed by atoms with Gasteiger partial charge in [-0.2, -0.15) is 0 Å². The molecule has 0 radical (unpaired) electrons. The van der Waals surface area contributed by atoms with Crippen LogP contribution in [0.1, 0.15) is 15.9 Å². The zero-order chi connectivity index (χ0) is 17.9. The molecule has 26 heavy (non-hydrogen) atoms. The number of amides is 1. The molecule has 0 aliphatic rings. The van der Waals surface area contributed by atoms with E-state index in [1.807, 2.05) is 31.2 Å². The summed E-state index contributed by atoms with van der Waals surface area (Å²) in [6.45, 7) is 1.96. The number of aromatic nitrogens is 4. The number of carbonyl (C=O) groups excluding carboxylic acids is 1. The van der Waals surface area contributed by atoms with Crippen LogP contribution in [0.3, 0.4) is 0 Å². The molecule has 3 heterocycles. The van der Waals surface area contributed by atoms with Gasteiger partial charge in [-0.1, -0.05) is 12.1 Å². The molecule has 6 nitrogen and oxygen atoms in total. The Bertz CT molecular complexity index is 1100. The third-order valence-electron chi connectivity index (χ3n) is 4.08. The molecule has 1 N–H and O–H groups in total. The van der Waals surface area contributed by atoms with Gasteiger partial charge in [-0.3, -0.25) is 9.78 Å². The molecule has 4 rings (SSSR count). The van der Waals surface area contributed by atoms with E-state index in [9.17, 15) is 4.79 Å². The maximum absolute atomic E-state index is 12.6. The van der Waals surface area contributed by atoms with Crippen LogP contribution in [0.5, 0.6) is 0 Å². The van der Waals surface area contributed by atoms with Gasteiger partial charge >= 0.3 is 0 Å². The lowest BCUT2D eigenvalue weighted by molar-refractivity contribution is 0.102. The van der Waals surface area contributed by atoms with Gasteiger partial charge in [0.1, 0.15) is 12.1 Å². The van der Waals surface area contributed by atoms with E-state index in [-0.39, 0.29) is 5.91 Å². The lowest BCUT2D eigenvalue weighted by Gasteiger charge is -2.09. The number of benzene rings is 1. The van der Waals surface area contributed by atoms with E-state index in [2.05, 4.69) is 25.3 Å². The Hall–Kier alpha value is -3.67. The summed E-state index contributed by atoms with van der Waals surface area (Å²) < 4.78 is 0. The highest BCUT2D eigenvalue weighted by molar-refractivity contribution is 6.06. The van der Waals surface area contributed by atoms with Gasteiger partial charge in [0, 0.05) is 41.3 Å². The van der Waals surface area contributed by atoms with Gasteiger partial charge in [-0.25, -0.2) is 15.0 Å². The Morgan fingerprint density at radius 1 is 0.923 bits per heavy atom. The number of aryl methyl sites for hydroxylation is 1. The number of rotatable bonds is 3. The quantitative estimate of drug-likeness (QED) is 0.615. The van der Waals surface area contributed by atoms with Crippen LogP contribution < -0.4 is 5.32 Å². The molecule has 1 aromatic carbocycles. The molecule has 0 saturated heterocycles. The molecule has 0 fully saturated rings. The van der Waals surface area contributed by atoms with Crippen molar-refractivity contribution < 1.29 is 4.79 Å². The van der Waals surface area contributed by atoms with E-state index >= 15 is 0 Å². The van der Waals surface area contributed by atoms with Crippen molar-refractivity contribution in [3.8, 4) is 11.3 Å². The number of nitrogens with one attached hydrogen (secondary N) is 1. The minimum Gasteiger partial charge on any atom is -0.307 e. The van der Waals surface area contributed by atoms with Crippen molar-refractivity contribution >= 4 is 22.5 Å². The van der Waals surface area contributed by atoms with Gasteiger partial charge in [0.2, 0.25) is 0 Å². The lowest BCUT2D eigenvalue weighted by atomic mass is 10.1. The smallest absolute Gasteiger partial charge is 0.256 e. The van der Waals surface area contributed by atoms with E-state index in [0.717, 1.165) is 27.6 Å². The first-order valence-electron chi connectivity index (χ1n) is 8.09. The third kappa shape index (κ3) is 3.12. The molecule has 0 atom stereocenters. The third-order valence-corrected chi connectivity index (χ3v) is 4.08. The van der Waals surface area contributed by atoms with E-state index in [1.165, 1.54) is 6.33 Å². The largest absolute Gasteiger partial charge is 0.307 e. The van der Waals surface area contributed by atoms with Crippen LogP contribution in [0.15, 0.2) is 67.5 Å². The fourth-order valence-corrected chi connectivity index (χ4v) is 2.73. The molecule has 126 valence electrons. The number of hydrogen-bond acceptors (Lipinski definition) is 5. The topological polar surface area (TPSA) is 80.7 Å². The second-order valence-electron chi connectivity index (χ2n) is 5.88. The predicted octanol–water partition coefficient (Wildman–Crippen LogP) is 3.65. The second-order valence-corrected chi connectivity index (χ2v) is 5.88. The van der Waals surface area contributed by atoms with Crippen LogP contribution in [0, 0.1) is 6.92 Å². The van der Waals surface area contributed by atoms with Gasteiger partial charge in [0.15, 0.2) is 0 Å².